The van der Waals surface area contributed by atoms with E-state index in [0.29, 0.717) is 23.7 Å². The Balaban J connectivity index is 3.01. The summed E-state index contributed by atoms with van der Waals surface area (Å²) in [7, 11) is 0. The van der Waals surface area contributed by atoms with E-state index in [1.165, 1.54) is 0 Å². The Hall–Kier alpha value is -1.46. The highest BCUT2D eigenvalue weighted by molar-refractivity contribution is 6.31. The quantitative estimate of drug-likeness (QED) is 0.751. The van der Waals surface area contributed by atoms with Crippen LogP contribution in [0.1, 0.15) is 29.3 Å². The van der Waals surface area contributed by atoms with Gasteiger partial charge in [0.25, 0.3) is 5.91 Å². The Labute approximate surface area is 108 Å². The third-order valence-corrected chi connectivity index (χ3v) is 2.97. The van der Waals surface area contributed by atoms with Crippen LogP contribution >= 0.6 is 11.6 Å². The van der Waals surface area contributed by atoms with Gasteiger partial charge in [-0.3, -0.25) is 4.79 Å². The van der Waals surface area contributed by atoms with E-state index >= 15 is 0 Å². The number of carbonyl (C=O) groups excluding carboxylic acids is 1. The number of amides is 1. The topological polar surface area (TPSA) is 20.3 Å². The van der Waals surface area contributed by atoms with Crippen LogP contribution in [0.15, 0.2) is 18.2 Å². The van der Waals surface area contributed by atoms with Crippen LogP contribution < -0.4 is 0 Å². The second-order valence-corrected chi connectivity index (χ2v) is 4.25. The third-order valence-electron chi connectivity index (χ3n) is 2.56. The highest BCUT2D eigenvalue weighted by atomic mass is 35.5. The van der Waals surface area contributed by atoms with Gasteiger partial charge < -0.3 is 4.90 Å². The van der Waals surface area contributed by atoms with Crippen molar-refractivity contribution in [3.8, 4) is 12.3 Å². The predicted molar refractivity (Wildman–Crippen MR) is 71.2 cm³/mol. The van der Waals surface area contributed by atoms with E-state index in [9.17, 15) is 4.79 Å². The highest BCUT2D eigenvalue weighted by Crippen LogP contribution is 2.20. The first-order valence-electron chi connectivity index (χ1n) is 5.59. The van der Waals surface area contributed by atoms with E-state index in [0.717, 1.165) is 12.0 Å². The minimum Gasteiger partial charge on any atom is -0.328 e. The molecule has 0 spiro atoms. The van der Waals surface area contributed by atoms with Gasteiger partial charge in [-0.15, -0.1) is 6.42 Å². The lowest BCUT2D eigenvalue weighted by Crippen LogP contribution is -2.32. The molecule has 0 unspecified atom stereocenters. The second kappa shape index (κ2) is 6.32. The van der Waals surface area contributed by atoms with Crippen LogP contribution in [0.5, 0.6) is 0 Å². The molecule has 0 atom stereocenters. The van der Waals surface area contributed by atoms with Crippen LogP contribution in [0.25, 0.3) is 0 Å². The van der Waals surface area contributed by atoms with Crippen molar-refractivity contribution in [1.29, 1.82) is 0 Å². The zero-order chi connectivity index (χ0) is 12.8. The molecule has 0 N–H and O–H groups in total. The van der Waals surface area contributed by atoms with Crippen molar-refractivity contribution < 1.29 is 4.79 Å². The Morgan fingerprint density at radius 2 is 2.24 bits per heavy atom. The number of terminal acetylenes is 1. The number of benzene rings is 1. The normalized spacial score (nSPS) is 9.76. The fraction of sp³-hybridized carbons (Fsp3) is 0.357. The van der Waals surface area contributed by atoms with E-state index in [-0.39, 0.29) is 5.91 Å². The molecule has 2 nitrogen and oxygen atoms in total. The highest BCUT2D eigenvalue weighted by Gasteiger charge is 2.16. The number of rotatable bonds is 4. The number of carbonyl (C=O) groups is 1. The molecule has 0 saturated carbocycles. The molecule has 0 aliphatic rings. The first-order valence-corrected chi connectivity index (χ1v) is 5.97. The van der Waals surface area contributed by atoms with Crippen molar-refractivity contribution in [2.75, 3.05) is 13.1 Å². The molecule has 90 valence electrons. The fourth-order valence-electron chi connectivity index (χ4n) is 1.64. The SMILES string of the molecule is C#CCN(CCC)C(=O)c1cccc(Cl)c1C. The van der Waals surface area contributed by atoms with Gasteiger partial charge in [0.2, 0.25) is 0 Å². The maximum absolute atomic E-state index is 12.3. The van der Waals surface area contributed by atoms with Gasteiger partial charge in [-0.05, 0) is 31.0 Å². The molecule has 3 heteroatoms. The van der Waals surface area contributed by atoms with Crippen LogP contribution in [-0.4, -0.2) is 23.9 Å². The number of halogens is 1. The lowest BCUT2D eigenvalue weighted by atomic mass is 10.1. The average molecular weight is 250 g/mol. The molecular formula is C14H16ClNO. The summed E-state index contributed by atoms with van der Waals surface area (Å²) in [6.07, 6.45) is 6.16. The largest absolute Gasteiger partial charge is 0.328 e. The minimum absolute atomic E-state index is 0.0511. The molecule has 0 fully saturated rings. The van der Waals surface area contributed by atoms with Crippen molar-refractivity contribution in [1.82, 2.24) is 4.90 Å². The number of hydrogen-bond acceptors (Lipinski definition) is 1. The van der Waals surface area contributed by atoms with Crippen LogP contribution in [0.2, 0.25) is 5.02 Å². The zero-order valence-corrected chi connectivity index (χ0v) is 10.9. The summed E-state index contributed by atoms with van der Waals surface area (Å²) >= 11 is 6.01. The van der Waals surface area contributed by atoms with Gasteiger partial charge in [0, 0.05) is 17.1 Å². The fourth-order valence-corrected chi connectivity index (χ4v) is 1.82. The standard InChI is InChI=1S/C14H16ClNO/c1-4-9-16(10-5-2)14(17)12-7-6-8-13(15)11(12)3/h1,6-8H,5,9-10H2,2-3H3. The van der Waals surface area contributed by atoms with E-state index in [1.807, 2.05) is 13.8 Å². The van der Waals surface area contributed by atoms with Crippen molar-refractivity contribution in [3.05, 3.63) is 34.3 Å². The molecule has 1 aromatic carbocycles. The van der Waals surface area contributed by atoms with E-state index in [4.69, 9.17) is 18.0 Å². The molecule has 0 aliphatic carbocycles. The van der Waals surface area contributed by atoms with Gasteiger partial charge in [0.15, 0.2) is 0 Å². The monoisotopic (exact) mass is 249 g/mol. The van der Waals surface area contributed by atoms with Crippen molar-refractivity contribution in [3.63, 3.8) is 0 Å². The average Bonchev–Trinajstić information content (AvgIpc) is 2.31. The molecule has 1 aromatic rings. The number of hydrogen-bond donors (Lipinski definition) is 0. The zero-order valence-electron chi connectivity index (χ0n) is 10.2. The van der Waals surface area contributed by atoms with E-state index in [2.05, 4.69) is 5.92 Å². The van der Waals surface area contributed by atoms with Gasteiger partial charge >= 0.3 is 0 Å². The molecule has 17 heavy (non-hydrogen) atoms. The lowest BCUT2D eigenvalue weighted by Gasteiger charge is -2.20. The summed E-state index contributed by atoms with van der Waals surface area (Å²) < 4.78 is 0. The summed E-state index contributed by atoms with van der Waals surface area (Å²) in [6.45, 7) is 4.85. The smallest absolute Gasteiger partial charge is 0.254 e. The van der Waals surface area contributed by atoms with E-state index < -0.39 is 0 Å². The summed E-state index contributed by atoms with van der Waals surface area (Å²) in [5.74, 6) is 2.46. The van der Waals surface area contributed by atoms with Crippen LogP contribution in [0, 0.1) is 19.3 Å². The Kier molecular flexibility index (Phi) is 5.06. The van der Waals surface area contributed by atoms with Crippen molar-refractivity contribution >= 4 is 17.5 Å². The van der Waals surface area contributed by atoms with Gasteiger partial charge in [0.05, 0.1) is 6.54 Å². The van der Waals surface area contributed by atoms with Crippen molar-refractivity contribution in [2.24, 2.45) is 0 Å². The molecule has 0 saturated heterocycles. The lowest BCUT2D eigenvalue weighted by molar-refractivity contribution is 0.0776. The molecule has 0 radical (unpaired) electrons. The molecule has 0 heterocycles. The first-order chi connectivity index (χ1) is 8.11. The van der Waals surface area contributed by atoms with Crippen LogP contribution in [0.4, 0.5) is 0 Å². The van der Waals surface area contributed by atoms with Crippen molar-refractivity contribution in [2.45, 2.75) is 20.3 Å². The predicted octanol–water partition coefficient (Wildman–Crippen LogP) is 3.13. The van der Waals surface area contributed by atoms with Gasteiger partial charge in [0.1, 0.15) is 0 Å². The molecular weight excluding hydrogens is 234 g/mol. The number of nitrogens with zero attached hydrogens (tertiary/aromatic N) is 1. The minimum atomic E-state index is -0.0511. The Morgan fingerprint density at radius 1 is 1.53 bits per heavy atom. The van der Waals surface area contributed by atoms with Crippen LogP contribution in [0.3, 0.4) is 0 Å². The summed E-state index contributed by atoms with van der Waals surface area (Å²) in [6, 6.07) is 5.34. The molecule has 0 aliphatic heterocycles. The molecule has 0 aromatic heterocycles. The van der Waals surface area contributed by atoms with E-state index in [1.54, 1.807) is 23.1 Å². The van der Waals surface area contributed by atoms with Crippen LogP contribution in [-0.2, 0) is 0 Å². The Bertz CT molecular complexity index is 448. The summed E-state index contributed by atoms with van der Waals surface area (Å²) in [4.78, 5) is 13.9. The summed E-state index contributed by atoms with van der Waals surface area (Å²) in [5, 5.41) is 0.605. The maximum atomic E-state index is 12.3. The van der Waals surface area contributed by atoms with Gasteiger partial charge in [-0.25, -0.2) is 0 Å². The van der Waals surface area contributed by atoms with Gasteiger partial charge in [-0.2, -0.15) is 0 Å². The first kappa shape index (κ1) is 13.6. The second-order valence-electron chi connectivity index (χ2n) is 3.84. The Morgan fingerprint density at radius 3 is 2.82 bits per heavy atom. The molecule has 1 rings (SSSR count). The maximum Gasteiger partial charge on any atom is 0.254 e. The third kappa shape index (κ3) is 3.25. The molecule has 1 amide bonds. The molecule has 0 bridgehead atoms. The van der Waals surface area contributed by atoms with Gasteiger partial charge in [-0.1, -0.05) is 30.5 Å². The summed E-state index contributed by atoms with van der Waals surface area (Å²) in [5.41, 5.74) is 1.43.